The van der Waals surface area contributed by atoms with Crippen LogP contribution in [0.1, 0.15) is 34.5 Å². The molecule has 0 aliphatic carbocycles. The fraction of sp³-hybridized carbons (Fsp3) is 0.188. The SMILES string of the molecule is Cc1cc(C(=O)N[C@@H](C)c2ccccc2Br)ccc1N. The van der Waals surface area contributed by atoms with Crippen LogP contribution in [0, 0.1) is 6.92 Å². The summed E-state index contributed by atoms with van der Waals surface area (Å²) in [6, 6.07) is 13.1. The highest BCUT2D eigenvalue weighted by molar-refractivity contribution is 9.10. The third-order valence-electron chi connectivity index (χ3n) is 3.25. The van der Waals surface area contributed by atoms with Gasteiger partial charge in [0.15, 0.2) is 0 Å². The summed E-state index contributed by atoms with van der Waals surface area (Å²) in [6.07, 6.45) is 0. The first kappa shape index (κ1) is 14.6. The lowest BCUT2D eigenvalue weighted by molar-refractivity contribution is 0.0939. The van der Waals surface area contributed by atoms with Crippen molar-refractivity contribution >= 4 is 27.5 Å². The largest absolute Gasteiger partial charge is 0.399 e. The summed E-state index contributed by atoms with van der Waals surface area (Å²) in [5.41, 5.74) is 9.04. The number of nitrogens with one attached hydrogen (secondary N) is 1. The average molecular weight is 333 g/mol. The molecule has 0 spiro atoms. The molecule has 0 heterocycles. The zero-order chi connectivity index (χ0) is 14.7. The second-order valence-corrected chi connectivity index (χ2v) is 5.64. The highest BCUT2D eigenvalue weighted by Crippen LogP contribution is 2.23. The molecular weight excluding hydrogens is 316 g/mol. The normalized spacial score (nSPS) is 11.9. The van der Waals surface area contributed by atoms with E-state index in [1.807, 2.05) is 38.1 Å². The number of nitrogen functional groups attached to an aromatic ring is 1. The van der Waals surface area contributed by atoms with Crippen molar-refractivity contribution in [3.8, 4) is 0 Å². The Labute approximate surface area is 127 Å². The zero-order valence-electron chi connectivity index (χ0n) is 11.5. The predicted molar refractivity (Wildman–Crippen MR) is 85.6 cm³/mol. The first-order valence-corrected chi connectivity index (χ1v) is 7.19. The van der Waals surface area contributed by atoms with Gasteiger partial charge in [0.05, 0.1) is 6.04 Å². The maximum atomic E-state index is 12.2. The van der Waals surface area contributed by atoms with Gasteiger partial charge in [-0.05, 0) is 49.2 Å². The van der Waals surface area contributed by atoms with E-state index in [1.54, 1.807) is 18.2 Å². The van der Waals surface area contributed by atoms with Crippen molar-refractivity contribution in [2.24, 2.45) is 0 Å². The van der Waals surface area contributed by atoms with Crippen molar-refractivity contribution in [2.75, 3.05) is 5.73 Å². The number of hydrogen-bond donors (Lipinski definition) is 2. The molecule has 0 saturated heterocycles. The summed E-state index contributed by atoms with van der Waals surface area (Å²) in [5.74, 6) is -0.101. The summed E-state index contributed by atoms with van der Waals surface area (Å²) < 4.78 is 0.987. The number of hydrogen-bond acceptors (Lipinski definition) is 2. The van der Waals surface area contributed by atoms with E-state index in [0.29, 0.717) is 11.3 Å². The molecule has 0 unspecified atom stereocenters. The van der Waals surface area contributed by atoms with Crippen molar-refractivity contribution in [1.29, 1.82) is 0 Å². The monoisotopic (exact) mass is 332 g/mol. The molecule has 0 bridgehead atoms. The minimum absolute atomic E-state index is 0.0732. The van der Waals surface area contributed by atoms with E-state index < -0.39 is 0 Å². The molecule has 0 fully saturated rings. The molecule has 2 rings (SSSR count). The smallest absolute Gasteiger partial charge is 0.251 e. The molecule has 2 aromatic rings. The summed E-state index contributed by atoms with van der Waals surface area (Å²) in [7, 11) is 0. The molecule has 0 saturated carbocycles. The molecule has 3 nitrogen and oxygen atoms in total. The van der Waals surface area contributed by atoms with Crippen LogP contribution in [0.5, 0.6) is 0 Å². The second-order valence-electron chi connectivity index (χ2n) is 4.79. The number of halogens is 1. The predicted octanol–water partition coefficient (Wildman–Crippen LogP) is 3.83. The van der Waals surface area contributed by atoms with Gasteiger partial charge in [-0.1, -0.05) is 34.1 Å². The quantitative estimate of drug-likeness (QED) is 0.839. The van der Waals surface area contributed by atoms with E-state index >= 15 is 0 Å². The summed E-state index contributed by atoms with van der Waals surface area (Å²) in [6.45, 7) is 3.85. The Hall–Kier alpha value is -1.81. The van der Waals surface area contributed by atoms with Crippen LogP contribution in [0.2, 0.25) is 0 Å². The van der Waals surface area contributed by atoms with Gasteiger partial charge in [-0.3, -0.25) is 4.79 Å². The minimum atomic E-state index is -0.101. The fourth-order valence-electron chi connectivity index (χ4n) is 2.00. The van der Waals surface area contributed by atoms with Gasteiger partial charge in [0, 0.05) is 15.7 Å². The Bertz CT molecular complexity index is 640. The highest BCUT2D eigenvalue weighted by Gasteiger charge is 2.13. The Morgan fingerprint density at radius 3 is 2.60 bits per heavy atom. The van der Waals surface area contributed by atoms with Crippen molar-refractivity contribution in [2.45, 2.75) is 19.9 Å². The molecular formula is C16H17BrN2O. The van der Waals surface area contributed by atoms with Gasteiger partial charge in [0.1, 0.15) is 0 Å². The van der Waals surface area contributed by atoms with Gasteiger partial charge in [0.25, 0.3) is 5.91 Å². The van der Waals surface area contributed by atoms with Crippen molar-refractivity contribution < 1.29 is 4.79 Å². The van der Waals surface area contributed by atoms with Gasteiger partial charge in [0.2, 0.25) is 0 Å². The molecule has 0 radical (unpaired) electrons. The van der Waals surface area contributed by atoms with E-state index in [4.69, 9.17) is 5.73 Å². The second kappa shape index (κ2) is 6.09. The lowest BCUT2D eigenvalue weighted by Gasteiger charge is -2.16. The minimum Gasteiger partial charge on any atom is -0.399 e. The highest BCUT2D eigenvalue weighted by atomic mass is 79.9. The Balaban J connectivity index is 2.15. The molecule has 104 valence electrons. The number of rotatable bonds is 3. The summed E-state index contributed by atoms with van der Waals surface area (Å²) in [4.78, 5) is 12.2. The molecule has 0 aromatic heterocycles. The maximum Gasteiger partial charge on any atom is 0.251 e. The Kier molecular flexibility index (Phi) is 4.45. The lowest BCUT2D eigenvalue weighted by atomic mass is 10.1. The van der Waals surface area contributed by atoms with Gasteiger partial charge >= 0.3 is 0 Å². The number of anilines is 1. The third-order valence-corrected chi connectivity index (χ3v) is 3.97. The summed E-state index contributed by atoms with van der Waals surface area (Å²) >= 11 is 3.50. The van der Waals surface area contributed by atoms with Crippen LogP contribution in [0.15, 0.2) is 46.9 Å². The van der Waals surface area contributed by atoms with Crippen LogP contribution in [0.3, 0.4) is 0 Å². The Morgan fingerprint density at radius 2 is 1.95 bits per heavy atom. The number of amides is 1. The zero-order valence-corrected chi connectivity index (χ0v) is 13.1. The van der Waals surface area contributed by atoms with E-state index in [-0.39, 0.29) is 11.9 Å². The molecule has 2 aromatic carbocycles. The van der Waals surface area contributed by atoms with E-state index in [9.17, 15) is 4.79 Å². The van der Waals surface area contributed by atoms with Crippen LogP contribution in [-0.2, 0) is 0 Å². The summed E-state index contributed by atoms with van der Waals surface area (Å²) in [5, 5.41) is 2.99. The maximum absolute atomic E-state index is 12.2. The number of carbonyl (C=O) groups is 1. The Morgan fingerprint density at radius 1 is 1.25 bits per heavy atom. The van der Waals surface area contributed by atoms with Crippen LogP contribution >= 0.6 is 15.9 Å². The number of aryl methyl sites for hydroxylation is 1. The molecule has 0 aliphatic rings. The molecule has 4 heteroatoms. The van der Waals surface area contributed by atoms with Crippen LogP contribution in [-0.4, -0.2) is 5.91 Å². The number of benzene rings is 2. The number of carbonyl (C=O) groups excluding carboxylic acids is 1. The van der Waals surface area contributed by atoms with Crippen molar-refractivity contribution in [3.63, 3.8) is 0 Å². The van der Waals surface area contributed by atoms with E-state index in [2.05, 4.69) is 21.2 Å². The van der Waals surface area contributed by atoms with Gasteiger partial charge in [-0.25, -0.2) is 0 Å². The third kappa shape index (κ3) is 3.20. The topological polar surface area (TPSA) is 55.1 Å². The molecule has 1 amide bonds. The van der Waals surface area contributed by atoms with Crippen LogP contribution in [0.25, 0.3) is 0 Å². The van der Waals surface area contributed by atoms with E-state index in [1.165, 1.54) is 0 Å². The molecule has 1 atom stereocenters. The van der Waals surface area contributed by atoms with Crippen LogP contribution < -0.4 is 11.1 Å². The average Bonchev–Trinajstić information content (AvgIpc) is 2.42. The lowest BCUT2D eigenvalue weighted by Crippen LogP contribution is -2.26. The van der Waals surface area contributed by atoms with E-state index in [0.717, 1.165) is 15.6 Å². The van der Waals surface area contributed by atoms with Crippen molar-refractivity contribution in [1.82, 2.24) is 5.32 Å². The van der Waals surface area contributed by atoms with Gasteiger partial charge < -0.3 is 11.1 Å². The molecule has 0 aliphatic heterocycles. The standard InChI is InChI=1S/C16H17BrN2O/c1-10-9-12(7-8-15(10)18)16(20)19-11(2)13-5-3-4-6-14(13)17/h3-9,11H,18H2,1-2H3,(H,19,20)/t11-/m0/s1. The van der Waals surface area contributed by atoms with Gasteiger partial charge in [-0.2, -0.15) is 0 Å². The fourth-order valence-corrected chi connectivity index (χ4v) is 2.63. The van der Waals surface area contributed by atoms with Crippen molar-refractivity contribution in [3.05, 3.63) is 63.6 Å². The molecule has 20 heavy (non-hydrogen) atoms. The number of nitrogens with two attached hydrogens (primary N) is 1. The molecule has 3 N–H and O–H groups in total. The van der Waals surface area contributed by atoms with Gasteiger partial charge in [-0.15, -0.1) is 0 Å². The van der Waals surface area contributed by atoms with Crippen LogP contribution in [0.4, 0.5) is 5.69 Å². The first-order valence-electron chi connectivity index (χ1n) is 6.40. The first-order chi connectivity index (χ1) is 9.49.